The zero-order valence-corrected chi connectivity index (χ0v) is 9.64. The third kappa shape index (κ3) is 2.03. The third-order valence-corrected chi connectivity index (χ3v) is 3.61. The Bertz CT molecular complexity index is 260. The molecule has 0 aromatic carbocycles. The molecule has 3 heteroatoms. The van der Waals surface area contributed by atoms with Crippen LogP contribution in [0.25, 0.3) is 0 Å². The van der Waals surface area contributed by atoms with Gasteiger partial charge in [-0.2, -0.15) is 0 Å². The SMILES string of the molecule is Cc1nc(Br)c(C(C)(C)C)s1. The number of hydrogen-bond donors (Lipinski definition) is 0. The molecule has 0 saturated carbocycles. The number of rotatable bonds is 0. The molecule has 62 valence electrons. The second-order valence-electron chi connectivity index (χ2n) is 3.60. The summed E-state index contributed by atoms with van der Waals surface area (Å²) in [5.74, 6) is 0. The van der Waals surface area contributed by atoms with E-state index in [0.29, 0.717) is 0 Å². The Balaban J connectivity index is 3.13. The molecule has 0 aliphatic carbocycles. The van der Waals surface area contributed by atoms with Crippen LogP contribution >= 0.6 is 27.3 Å². The van der Waals surface area contributed by atoms with E-state index in [9.17, 15) is 0 Å². The molecular weight excluding hydrogens is 222 g/mol. The molecule has 0 bridgehead atoms. The highest BCUT2D eigenvalue weighted by atomic mass is 79.9. The zero-order valence-electron chi connectivity index (χ0n) is 7.23. The van der Waals surface area contributed by atoms with Gasteiger partial charge in [-0.3, -0.25) is 0 Å². The fourth-order valence-corrected chi connectivity index (χ4v) is 2.95. The van der Waals surface area contributed by atoms with Gasteiger partial charge in [0.05, 0.1) is 5.01 Å². The summed E-state index contributed by atoms with van der Waals surface area (Å²) in [6.07, 6.45) is 0. The van der Waals surface area contributed by atoms with E-state index >= 15 is 0 Å². The molecule has 1 nitrogen and oxygen atoms in total. The molecule has 1 heterocycles. The van der Waals surface area contributed by atoms with E-state index in [1.165, 1.54) is 4.88 Å². The number of hydrogen-bond acceptors (Lipinski definition) is 2. The maximum atomic E-state index is 4.31. The van der Waals surface area contributed by atoms with Gasteiger partial charge in [0.15, 0.2) is 0 Å². The molecule has 0 saturated heterocycles. The number of aromatic nitrogens is 1. The molecule has 1 aromatic rings. The number of nitrogens with zero attached hydrogens (tertiary/aromatic N) is 1. The van der Waals surface area contributed by atoms with Gasteiger partial charge in [-0.15, -0.1) is 11.3 Å². The molecule has 0 spiro atoms. The summed E-state index contributed by atoms with van der Waals surface area (Å²) >= 11 is 5.22. The van der Waals surface area contributed by atoms with Gasteiger partial charge in [0.2, 0.25) is 0 Å². The second kappa shape index (κ2) is 2.87. The lowest BCUT2D eigenvalue weighted by molar-refractivity contribution is 0.599. The van der Waals surface area contributed by atoms with Gasteiger partial charge in [-0.05, 0) is 28.3 Å². The monoisotopic (exact) mass is 233 g/mol. The first-order chi connectivity index (χ1) is 4.91. The molecule has 0 unspecified atom stereocenters. The van der Waals surface area contributed by atoms with Crippen molar-refractivity contribution in [2.45, 2.75) is 33.1 Å². The van der Waals surface area contributed by atoms with Gasteiger partial charge in [0.1, 0.15) is 4.60 Å². The van der Waals surface area contributed by atoms with Crippen LogP contribution in [0.4, 0.5) is 0 Å². The maximum absolute atomic E-state index is 4.31. The minimum atomic E-state index is 0.213. The lowest BCUT2D eigenvalue weighted by Gasteiger charge is -2.15. The molecule has 0 aliphatic heterocycles. The Hall–Kier alpha value is 0.110. The summed E-state index contributed by atoms with van der Waals surface area (Å²) in [5.41, 5.74) is 0.213. The van der Waals surface area contributed by atoms with Crippen LogP contribution in [0.15, 0.2) is 4.60 Å². The first-order valence-corrected chi connectivity index (χ1v) is 5.15. The first kappa shape index (κ1) is 9.20. The van der Waals surface area contributed by atoms with Crippen LogP contribution in [0.2, 0.25) is 0 Å². The van der Waals surface area contributed by atoms with Gasteiger partial charge in [-0.25, -0.2) is 4.98 Å². The number of halogens is 1. The fourth-order valence-electron chi connectivity index (χ4n) is 0.864. The molecule has 0 amide bonds. The second-order valence-corrected chi connectivity index (χ2v) is 5.56. The Morgan fingerprint density at radius 1 is 1.36 bits per heavy atom. The van der Waals surface area contributed by atoms with Crippen molar-refractivity contribution in [2.24, 2.45) is 0 Å². The third-order valence-electron chi connectivity index (χ3n) is 1.37. The maximum Gasteiger partial charge on any atom is 0.121 e. The molecule has 11 heavy (non-hydrogen) atoms. The number of aryl methyl sites for hydroxylation is 1. The molecule has 0 aliphatic rings. The van der Waals surface area contributed by atoms with Crippen LogP contribution in [-0.4, -0.2) is 4.98 Å². The van der Waals surface area contributed by atoms with Crippen molar-refractivity contribution in [1.29, 1.82) is 0 Å². The average Bonchev–Trinajstić information content (AvgIpc) is 2.08. The standard InChI is InChI=1S/C8H12BrNS/c1-5-10-7(9)6(11-5)8(2,3)4/h1-4H3. The fraction of sp³-hybridized carbons (Fsp3) is 0.625. The zero-order chi connectivity index (χ0) is 8.65. The van der Waals surface area contributed by atoms with Gasteiger partial charge < -0.3 is 0 Å². The topological polar surface area (TPSA) is 12.9 Å². The lowest BCUT2D eigenvalue weighted by Crippen LogP contribution is -2.09. The van der Waals surface area contributed by atoms with Crippen LogP contribution in [-0.2, 0) is 5.41 Å². The number of thiazole rings is 1. The molecular formula is C8H12BrNS. The lowest BCUT2D eigenvalue weighted by atomic mass is 9.96. The molecule has 0 fully saturated rings. The van der Waals surface area contributed by atoms with E-state index in [-0.39, 0.29) is 5.41 Å². The predicted octanol–water partition coefficient (Wildman–Crippen LogP) is 3.51. The van der Waals surface area contributed by atoms with Crippen molar-refractivity contribution in [3.05, 3.63) is 14.5 Å². The summed E-state index contributed by atoms with van der Waals surface area (Å²) in [7, 11) is 0. The Kier molecular flexibility index (Phi) is 2.40. The van der Waals surface area contributed by atoms with E-state index in [4.69, 9.17) is 0 Å². The van der Waals surface area contributed by atoms with Crippen LogP contribution in [0, 0.1) is 6.92 Å². The summed E-state index contributed by atoms with van der Waals surface area (Å²) < 4.78 is 1.01. The minimum Gasteiger partial charge on any atom is -0.234 e. The predicted molar refractivity (Wildman–Crippen MR) is 53.3 cm³/mol. The normalized spacial score (nSPS) is 12.1. The van der Waals surface area contributed by atoms with Gasteiger partial charge in [0, 0.05) is 4.88 Å². The minimum absolute atomic E-state index is 0.213. The van der Waals surface area contributed by atoms with Crippen LogP contribution in [0.5, 0.6) is 0 Å². The Labute approximate surface area is 80.0 Å². The molecule has 1 rings (SSSR count). The summed E-state index contributed by atoms with van der Waals surface area (Å²) in [4.78, 5) is 5.64. The van der Waals surface area contributed by atoms with Crippen molar-refractivity contribution >= 4 is 27.3 Å². The molecule has 0 atom stereocenters. The van der Waals surface area contributed by atoms with Crippen LogP contribution < -0.4 is 0 Å². The van der Waals surface area contributed by atoms with Crippen LogP contribution in [0.3, 0.4) is 0 Å². The highest BCUT2D eigenvalue weighted by molar-refractivity contribution is 9.10. The highest BCUT2D eigenvalue weighted by Gasteiger charge is 2.20. The van der Waals surface area contributed by atoms with Crippen molar-refractivity contribution in [3.63, 3.8) is 0 Å². The van der Waals surface area contributed by atoms with Crippen molar-refractivity contribution in [1.82, 2.24) is 4.98 Å². The van der Waals surface area contributed by atoms with E-state index in [2.05, 4.69) is 41.7 Å². The van der Waals surface area contributed by atoms with Crippen molar-refractivity contribution < 1.29 is 0 Å². The van der Waals surface area contributed by atoms with Crippen molar-refractivity contribution in [2.75, 3.05) is 0 Å². The van der Waals surface area contributed by atoms with Crippen LogP contribution in [0.1, 0.15) is 30.7 Å². The largest absolute Gasteiger partial charge is 0.234 e. The smallest absolute Gasteiger partial charge is 0.121 e. The quantitative estimate of drug-likeness (QED) is 0.669. The van der Waals surface area contributed by atoms with E-state index in [1.54, 1.807) is 11.3 Å². The van der Waals surface area contributed by atoms with E-state index < -0.39 is 0 Å². The molecule has 0 N–H and O–H groups in total. The molecule has 1 aromatic heterocycles. The van der Waals surface area contributed by atoms with Crippen molar-refractivity contribution in [3.8, 4) is 0 Å². The summed E-state index contributed by atoms with van der Waals surface area (Å²) in [6.45, 7) is 8.63. The Morgan fingerprint density at radius 3 is 2.09 bits per heavy atom. The van der Waals surface area contributed by atoms with Gasteiger partial charge in [0.25, 0.3) is 0 Å². The van der Waals surface area contributed by atoms with Gasteiger partial charge in [-0.1, -0.05) is 20.8 Å². The summed E-state index contributed by atoms with van der Waals surface area (Å²) in [5, 5.41) is 1.13. The summed E-state index contributed by atoms with van der Waals surface area (Å²) in [6, 6.07) is 0. The Morgan fingerprint density at radius 2 is 1.91 bits per heavy atom. The van der Waals surface area contributed by atoms with E-state index in [0.717, 1.165) is 9.61 Å². The van der Waals surface area contributed by atoms with E-state index in [1.807, 2.05) is 6.92 Å². The first-order valence-electron chi connectivity index (χ1n) is 3.54. The van der Waals surface area contributed by atoms with Gasteiger partial charge >= 0.3 is 0 Å². The average molecular weight is 234 g/mol. The molecule has 0 radical (unpaired) electrons. The highest BCUT2D eigenvalue weighted by Crippen LogP contribution is 2.34.